The highest BCUT2D eigenvalue weighted by Gasteiger charge is 2.18. The first-order valence-corrected chi connectivity index (χ1v) is 11.8. The Morgan fingerprint density at radius 2 is 1.74 bits per heavy atom. The zero-order valence-electron chi connectivity index (χ0n) is 21.3. The monoisotopic (exact) mass is 526 g/mol. The molecule has 0 aliphatic rings. The van der Waals surface area contributed by atoms with Crippen molar-refractivity contribution in [2.75, 3.05) is 19.5 Å². The minimum absolute atomic E-state index is 0.0710. The molecule has 3 heterocycles. The van der Waals surface area contributed by atoms with Gasteiger partial charge in [-0.3, -0.25) is 14.6 Å². The summed E-state index contributed by atoms with van der Waals surface area (Å²) in [7, 11) is 4.66. The highest BCUT2D eigenvalue weighted by Crippen LogP contribution is 2.35. The van der Waals surface area contributed by atoms with Gasteiger partial charge in [0.1, 0.15) is 11.1 Å². The molecule has 0 atom stereocenters. The number of fused-ring (bicyclic) bond motifs is 1. The van der Waals surface area contributed by atoms with E-state index >= 15 is 4.39 Å². The number of nitrogens with one attached hydrogen (secondary N) is 1. The van der Waals surface area contributed by atoms with Crippen molar-refractivity contribution in [1.29, 1.82) is 0 Å². The molecule has 0 aliphatic heterocycles. The summed E-state index contributed by atoms with van der Waals surface area (Å²) in [5.41, 5.74) is 1.54. The van der Waals surface area contributed by atoms with Gasteiger partial charge in [0.25, 0.3) is 11.8 Å². The van der Waals surface area contributed by atoms with Crippen LogP contribution in [0.1, 0.15) is 10.4 Å². The van der Waals surface area contributed by atoms with Crippen molar-refractivity contribution in [3.8, 4) is 34.3 Å². The van der Waals surface area contributed by atoms with Gasteiger partial charge in [0.05, 0.1) is 19.7 Å². The Morgan fingerprint density at radius 1 is 0.949 bits per heavy atom. The van der Waals surface area contributed by atoms with Crippen LogP contribution in [-0.4, -0.2) is 34.7 Å². The average molecular weight is 527 g/mol. The maximum Gasteiger partial charge on any atom is 0.261 e. The topological polar surface area (TPSA) is 105 Å². The van der Waals surface area contributed by atoms with Crippen LogP contribution in [0.2, 0.25) is 0 Å². The molecule has 0 saturated carbocycles. The van der Waals surface area contributed by atoms with E-state index in [1.54, 1.807) is 42.1 Å². The number of hydrogen-bond acceptors (Lipinski definition) is 7. The minimum atomic E-state index is -0.732. The van der Waals surface area contributed by atoms with E-state index in [1.807, 2.05) is 18.2 Å². The number of aromatic nitrogens is 3. The predicted molar refractivity (Wildman–Crippen MR) is 144 cm³/mol. The number of halogens is 1. The third-order valence-electron chi connectivity index (χ3n) is 5.91. The number of methoxy groups -OCH3 is 2. The van der Waals surface area contributed by atoms with Crippen molar-refractivity contribution in [3.05, 3.63) is 101 Å². The maximum atomic E-state index is 15.1. The molecule has 1 N–H and O–H groups in total. The zero-order valence-corrected chi connectivity index (χ0v) is 21.3. The molecular formula is C29H23FN4O5. The second-order valence-corrected chi connectivity index (χ2v) is 8.52. The molecular weight excluding hydrogens is 503 g/mol. The van der Waals surface area contributed by atoms with Gasteiger partial charge in [-0.1, -0.05) is 30.3 Å². The van der Waals surface area contributed by atoms with Gasteiger partial charge in [-0.05, 0) is 17.7 Å². The lowest BCUT2D eigenvalue weighted by atomic mass is 10.0. The zero-order chi connectivity index (χ0) is 27.5. The lowest BCUT2D eigenvalue weighted by Gasteiger charge is -2.13. The number of amides is 1. The molecule has 196 valence electrons. The van der Waals surface area contributed by atoms with Crippen LogP contribution in [0.5, 0.6) is 23.1 Å². The summed E-state index contributed by atoms with van der Waals surface area (Å²) in [6, 6.07) is 16.2. The SMILES string of the molecule is COc1cc2nccc(Oc3ccc(NC(=O)c4cn(C)cc(-c5ccccc5)c4=O)cc3F)c2nc1OC. The van der Waals surface area contributed by atoms with Gasteiger partial charge < -0.3 is 24.1 Å². The Balaban J connectivity index is 1.40. The van der Waals surface area contributed by atoms with Gasteiger partial charge >= 0.3 is 0 Å². The van der Waals surface area contributed by atoms with Crippen molar-refractivity contribution in [1.82, 2.24) is 14.5 Å². The molecule has 0 bridgehead atoms. The van der Waals surface area contributed by atoms with E-state index in [0.717, 1.165) is 6.07 Å². The van der Waals surface area contributed by atoms with Gasteiger partial charge in [0.15, 0.2) is 23.1 Å². The highest BCUT2D eigenvalue weighted by molar-refractivity contribution is 6.04. The van der Waals surface area contributed by atoms with Crippen LogP contribution < -0.4 is 25.0 Å². The summed E-state index contributed by atoms with van der Waals surface area (Å²) in [5.74, 6) is -0.623. The molecule has 39 heavy (non-hydrogen) atoms. The fourth-order valence-electron chi connectivity index (χ4n) is 4.06. The molecule has 0 fully saturated rings. The molecule has 9 nitrogen and oxygen atoms in total. The first-order chi connectivity index (χ1) is 18.9. The number of nitrogens with zero attached hydrogens (tertiary/aromatic N) is 3. The maximum absolute atomic E-state index is 15.1. The number of anilines is 1. The normalized spacial score (nSPS) is 10.8. The Bertz CT molecular complexity index is 1760. The Morgan fingerprint density at radius 3 is 2.46 bits per heavy atom. The van der Waals surface area contributed by atoms with E-state index in [0.29, 0.717) is 27.9 Å². The minimum Gasteiger partial charge on any atom is -0.491 e. The number of pyridine rings is 3. The number of benzene rings is 2. The van der Waals surface area contributed by atoms with Crippen molar-refractivity contribution < 1.29 is 23.4 Å². The summed E-state index contributed by atoms with van der Waals surface area (Å²) in [5, 5.41) is 2.59. The lowest BCUT2D eigenvalue weighted by molar-refractivity contribution is 0.102. The highest BCUT2D eigenvalue weighted by atomic mass is 19.1. The second-order valence-electron chi connectivity index (χ2n) is 8.52. The van der Waals surface area contributed by atoms with E-state index in [4.69, 9.17) is 14.2 Å². The van der Waals surface area contributed by atoms with Crippen molar-refractivity contribution in [2.24, 2.45) is 7.05 Å². The number of ether oxygens (including phenoxy) is 3. The van der Waals surface area contributed by atoms with Crippen molar-refractivity contribution in [3.63, 3.8) is 0 Å². The molecule has 3 aromatic heterocycles. The number of rotatable bonds is 7. The van der Waals surface area contributed by atoms with Crippen molar-refractivity contribution in [2.45, 2.75) is 0 Å². The summed E-state index contributed by atoms with van der Waals surface area (Å²) in [6.07, 6.45) is 4.59. The van der Waals surface area contributed by atoms with Crippen LogP contribution in [0.3, 0.4) is 0 Å². The Labute approximate surface area is 222 Å². The fourth-order valence-corrected chi connectivity index (χ4v) is 4.06. The van der Waals surface area contributed by atoms with Crippen LogP contribution in [0.4, 0.5) is 10.1 Å². The molecule has 1 amide bonds. The first-order valence-electron chi connectivity index (χ1n) is 11.8. The lowest BCUT2D eigenvalue weighted by Crippen LogP contribution is -2.24. The van der Waals surface area contributed by atoms with Crippen molar-refractivity contribution >= 4 is 22.6 Å². The van der Waals surface area contributed by atoms with Crippen LogP contribution in [0, 0.1) is 5.82 Å². The summed E-state index contributed by atoms with van der Waals surface area (Å²) in [4.78, 5) is 34.7. The van der Waals surface area contributed by atoms with Crippen LogP contribution in [-0.2, 0) is 7.05 Å². The van der Waals surface area contributed by atoms with Crippen LogP contribution in [0.25, 0.3) is 22.2 Å². The van der Waals surface area contributed by atoms with Gasteiger partial charge in [-0.15, -0.1) is 0 Å². The quantitative estimate of drug-likeness (QED) is 0.311. The Kier molecular flexibility index (Phi) is 6.92. The largest absolute Gasteiger partial charge is 0.491 e. The third kappa shape index (κ3) is 5.12. The molecule has 0 spiro atoms. The van der Waals surface area contributed by atoms with Gasteiger partial charge in [-0.25, -0.2) is 9.37 Å². The summed E-state index contributed by atoms with van der Waals surface area (Å²) in [6.45, 7) is 0. The van der Waals surface area contributed by atoms with E-state index in [2.05, 4.69) is 15.3 Å². The smallest absolute Gasteiger partial charge is 0.261 e. The van der Waals surface area contributed by atoms with Gasteiger partial charge in [0, 0.05) is 55.1 Å². The van der Waals surface area contributed by atoms with E-state index in [1.165, 1.54) is 38.7 Å². The van der Waals surface area contributed by atoms with E-state index in [-0.39, 0.29) is 28.6 Å². The van der Waals surface area contributed by atoms with E-state index in [9.17, 15) is 9.59 Å². The summed E-state index contributed by atoms with van der Waals surface area (Å²) >= 11 is 0. The third-order valence-corrected chi connectivity index (χ3v) is 5.91. The molecule has 5 rings (SSSR count). The molecule has 0 radical (unpaired) electrons. The standard InChI is InChI=1S/C29H23FN4O5/c1-34-15-19(17-7-5-4-6-8-17)27(35)20(16-34)28(36)32-18-9-10-23(21(30)13-18)39-24-11-12-31-22-14-25(37-2)29(38-3)33-26(22)24/h4-16H,1-3H3,(H,32,36). The van der Waals surface area contributed by atoms with Gasteiger partial charge in [0.2, 0.25) is 5.43 Å². The predicted octanol–water partition coefficient (Wildman–Crippen LogP) is 5.20. The average Bonchev–Trinajstić information content (AvgIpc) is 2.95. The number of carbonyl (C=O) groups is 1. The molecule has 5 aromatic rings. The van der Waals surface area contributed by atoms with E-state index < -0.39 is 17.2 Å². The fraction of sp³-hybridized carbons (Fsp3) is 0.103. The first kappa shape index (κ1) is 25.4. The second kappa shape index (κ2) is 10.6. The molecule has 0 unspecified atom stereocenters. The molecule has 2 aromatic carbocycles. The molecule has 0 aliphatic carbocycles. The number of hydrogen-bond donors (Lipinski definition) is 1. The molecule has 0 saturated heterocycles. The van der Waals surface area contributed by atoms with Crippen LogP contribution in [0.15, 0.2) is 84.0 Å². The van der Waals surface area contributed by atoms with Gasteiger partial charge in [-0.2, -0.15) is 0 Å². The molecule has 10 heteroatoms. The summed E-state index contributed by atoms with van der Waals surface area (Å²) < 4.78 is 33.0. The van der Waals surface area contributed by atoms with Crippen LogP contribution >= 0.6 is 0 Å². The number of aryl methyl sites for hydroxylation is 1. The Hall–Kier alpha value is -5.25. The number of carbonyl (C=O) groups excluding carboxylic acids is 1.